The SMILES string of the molecule is COc1ccc(OC)c(N(CCl)C(C)=O)c1. The zero-order chi connectivity index (χ0) is 12.1. The number of anilines is 1. The molecule has 0 atom stereocenters. The van der Waals surface area contributed by atoms with Crippen molar-refractivity contribution in [3.8, 4) is 11.5 Å². The number of carbonyl (C=O) groups excluding carboxylic acids is 1. The van der Waals surface area contributed by atoms with Gasteiger partial charge in [-0.1, -0.05) is 0 Å². The van der Waals surface area contributed by atoms with Gasteiger partial charge in [0.15, 0.2) is 0 Å². The Bertz CT molecular complexity index is 381. The van der Waals surface area contributed by atoms with Crippen LogP contribution in [0.3, 0.4) is 0 Å². The van der Waals surface area contributed by atoms with Crippen LogP contribution in [0.2, 0.25) is 0 Å². The molecule has 0 aliphatic heterocycles. The Hall–Kier alpha value is -1.42. The van der Waals surface area contributed by atoms with E-state index in [0.717, 1.165) is 0 Å². The standard InChI is InChI=1S/C11H14ClNO3/c1-8(14)13(7-12)10-6-9(15-2)4-5-11(10)16-3/h4-6H,7H2,1-3H3. The summed E-state index contributed by atoms with van der Waals surface area (Å²) < 4.78 is 10.3. The van der Waals surface area contributed by atoms with E-state index in [4.69, 9.17) is 21.1 Å². The minimum absolute atomic E-state index is 0.0683. The Balaban J connectivity index is 3.21. The zero-order valence-electron chi connectivity index (χ0n) is 9.49. The van der Waals surface area contributed by atoms with Gasteiger partial charge in [-0.3, -0.25) is 9.69 Å². The van der Waals surface area contributed by atoms with E-state index in [1.165, 1.54) is 18.9 Å². The number of nitrogens with zero attached hydrogens (tertiary/aromatic N) is 1. The van der Waals surface area contributed by atoms with Gasteiger partial charge in [0.1, 0.15) is 17.5 Å². The highest BCUT2D eigenvalue weighted by atomic mass is 35.5. The van der Waals surface area contributed by atoms with Crippen molar-refractivity contribution in [2.24, 2.45) is 0 Å². The average Bonchev–Trinajstić information content (AvgIpc) is 2.29. The number of carbonyl (C=O) groups is 1. The van der Waals surface area contributed by atoms with E-state index in [1.807, 2.05) is 0 Å². The second kappa shape index (κ2) is 5.61. The molecule has 0 fully saturated rings. The minimum Gasteiger partial charge on any atom is -0.497 e. The van der Waals surface area contributed by atoms with Crippen LogP contribution >= 0.6 is 11.6 Å². The molecule has 0 unspecified atom stereocenters. The highest BCUT2D eigenvalue weighted by molar-refractivity contribution is 6.21. The maximum Gasteiger partial charge on any atom is 0.225 e. The summed E-state index contributed by atoms with van der Waals surface area (Å²) in [4.78, 5) is 12.8. The average molecular weight is 244 g/mol. The molecule has 4 nitrogen and oxygen atoms in total. The van der Waals surface area contributed by atoms with Crippen molar-refractivity contribution in [2.75, 3.05) is 25.1 Å². The van der Waals surface area contributed by atoms with Gasteiger partial charge < -0.3 is 9.47 Å². The summed E-state index contributed by atoms with van der Waals surface area (Å²) in [6, 6.07) is 5.27. The van der Waals surface area contributed by atoms with Gasteiger partial charge in [0, 0.05) is 13.0 Å². The van der Waals surface area contributed by atoms with Gasteiger partial charge in [-0.15, -0.1) is 11.6 Å². The van der Waals surface area contributed by atoms with E-state index in [2.05, 4.69) is 0 Å². The smallest absolute Gasteiger partial charge is 0.225 e. The van der Waals surface area contributed by atoms with Crippen LogP contribution in [0.15, 0.2) is 18.2 Å². The Morgan fingerprint density at radius 3 is 2.50 bits per heavy atom. The topological polar surface area (TPSA) is 38.8 Å². The number of halogens is 1. The number of rotatable bonds is 4. The fraction of sp³-hybridized carbons (Fsp3) is 0.364. The van der Waals surface area contributed by atoms with Gasteiger partial charge >= 0.3 is 0 Å². The maximum absolute atomic E-state index is 11.4. The van der Waals surface area contributed by atoms with Crippen LogP contribution in [0.1, 0.15) is 6.92 Å². The second-order valence-electron chi connectivity index (χ2n) is 3.10. The summed E-state index contributed by atoms with van der Waals surface area (Å²) >= 11 is 5.73. The molecule has 0 bridgehead atoms. The van der Waals surface area contributed by atoms with Crippen LogP contribution < -0.4 is 14.4 Å². The predicted molar refractivity (Wildman–Crippen MR) is 63.4 cm³/mol. The number of ether oxygens (including phenoxy) is 2. The molecule has 0 aliphatic rings. The van der Waals surface area contributed by atoms with Crippen molar-refractivity contribution in [3.05, 3.63) is 18.2 Å². The molecule has 0 saturated heterocycles. The first-order chi connectivity index (χ1) is 7.63. The number of benzene rings is 1. The van der Waals surface area contributed by atoms with Crippen LogP contribution in [0.5, 0.6) is 11.5 Å². The monoisotopic (exact) mass is 243 g/mol. The minimum atomic E-state index is -0.151. The lowest BCUT2D eigenvalue weighted by molar-refractivity contribution is -0.116. The van der Waals surface area contributed by atoms with Crippen LogP contribution in [-0.4, -0.2) is 26.1 Å². The van der Waals surface area contributed by atoms with Crippen LogP contribution in [0.4, 0.5) is 5.69 Å². The summed E-state index contributed by atoms with van der Waals surface area (Å²) in [5.41, 5.74) is 0.601. The normalized spacial score (nSPS) is 9.75. The fourth-order valence-corrected chi connectivity index (χ4v) is 1.62. The van der Waals surface area contributed by atoms with E-state index < -0.39 is 0 Å². The molecule has 0 N–H and O–H groups in total. The van der Waals surface area contributed by atoms with Gasteiger partial charge in [0.2, 0.25) is 5.91 Å². The Labute approximate surface area is 99.7 Å². The molecule has 16 heavy (non-hydrogen) atoms. The molecular formula is C11H14ClNO3. The van der Waals surface area contributed by atoms with Crippen molar-refractivity contribution in [2.45, 2.75) is 6.92 Å². The van der Waals surface area contributed by atoms with Crippen molar-refractivity contribution in [1.29, 1.82) is 0 Å². The number of methoxy groups -OCH3 is 2. The summed E-state index contributed by atoms with van der Waals surface area (Å²) in [5.74, 6) is 1.07. The molecule has 1 aromatic rings. The van der Waals surface area contributed by atoms with Crippen LogP contribution in [0.25, 0.3) is 0 Å². The van der Waals surface area contributed by atoms with Gasteiger partial charge in [-0.2, -0.15) is 0 Å². The second-order valence-corrected chi connectivity index (χ2v) is 3.34. The molecule has 88 valence electrons. The van der Waals surface area contributed by atoms with E-state index >= 15 is 0 Å². The summed E-state index contributed by atoms with van der Waals surface area (Å²) in [7, 11) is 3.10. The molecule has 0 radical (unpaired) electrons. The van der Waals surface area contributed by atoms with Crippen molar-refractivity contribution >= 4 is 23.2 Å². The van der Waals surface area contributed by atoms with Gasteiger partial charge in [-0.05, 0) is 12.1 Å². The van der Waals surface area contributed by atoms with E-state index in [1.54, 1.807) is 25.3 Å². The van der Waals surface area contributed by atoms with E-state index in [0.29, 0.717) is 17.2 Å². The largest absolute Gasteiger partial charge is 0.497 e. The lowest BCUT2D eigenvalue weighted by Gasteiger charge is -2.21. The molecule has 1 aromatic carbocycles. The summed E-state index contributed by atoms with van der Waals surface area (Å²) in [6.07, 6.45) is 0. The Kier molecular flexibility index (Phi) is 4.43. The molecule has 5 heteroatoms. The van der Waals surface area contributed by atoms with E-state index in [9.17, 15) is 4.79 Å². The molecular weight excluding hydrogens is 230 g/mol. The zero-order valence-corrected chi connectivity index (χ0v) is 10.2. The van der Waals surface area contributed by atoms with E-state index in [-0.39, 0.29) is 11.9 Å². The quantitative estimate of drug-likeness (QED) is 0.601. The van der Waals surface area contributed by atoms with Crippen LogP contribution in [0, 0.1) is 0 Å². The maximum atomic E-state index is 11.4. The number of hydrogen-bond donors (Lipinski definition) is 0. The third kappa shape index (κ3) is 2.58. The Morgan fingerprint density at radius 2 is 2.06 bits per heavy atom. The van der Waals surface area contributed by atoms with Crippen molar-refractivity contribution in [1.82, 2.24) is 0 Å². The summed E-state index contributed by atoms with van der Waals surface area (Å²) in [5, 5.41) is 0. The molecule has 0 heterocycles. The molecule has 0 aromatic heterocycles. The lowest BCUT2D eigenvalue weighted by Crippen LogP contribution is -2.27. The third-order valence-electron chi connectivity index (χ3n) is 2.18. The molecule has 0 saturated carbocycles. The first kappa shape index (κ1) is 12.6. The highest BCUT2D eigenvalue weighted by Crippen LogP contribution is 2.32. The fourth-order valence-electron chi connectivity index (χ4n) is 1.33. The van der Waals surface area contributed by atoms with Crippen molar-refractivity contribution < 1.29 is 14.3 Å². The van der Waals surface area contributed by atoms with Crippen LogP contribution in [-0.2, 0) is 4.79 Å². The summed E-state index contributed by atoms with van der Waals surface area (Å²) in [6.45, 7) is 1.45. The van der Waals surface area contributed by atoms with Gasteiger partial charge in [-0.25, -0.2) is 0 Å². The highest BCUT2D eigenvalue weighted by Gasteiger charge is 2.15. The third-order valence-corrected chi connectivity index (χ3v) is 2.42. The predicted octanol–water partition coefficient (Wildman–Crippen LogP) is 2.25. The molecule has 0 spiro atoms. The first-order valence-corrected chi connectivity index (χ1v) is 5.23. The lowest BCUT2D eigenvalue weighted by atomic mass is 10.2. The van der Waals surface area contributed by atoms with Gasteiger partial charge in [0.05, 0.1) is 19.9 Å². The first-order valence-electron chi connectivity index (χ1n) is 4.70. The molecule has 0 aliphatic carbocycles. The number of alkyl halides is 1. The number of hydrogen-bond acceptors (Lipinski definition) is 3. The Morgan fingerprint density at radius 1 is 1.38 bits per heavy atom. The molecule has 1 rings (SSSR count). The van der Waals surface area contributed by atoms with Gasteiger partial charge in [0.25, 0.3) is 0 Å². The molecule has 1 amide bonds. The number of amides is 1. The van der Waals surface area contributed by atoms with Crippen molar-refractivity contribution in [3.63, 3.8) is 0 Å².